The van der Waals surface area contributed by atoms with Crippen LogP contribution in [0.1, 0.15) is 10.4 Å². The lowest BCUT2D eigenvalue weighted by Crippen LogP contribution is -2.46. The molecule has 1 saturated heterocycles. The summed E-state index contributed by atoms with van der Waals surface area (Å²) in [5, 5.41) is 23.0. The van der Waals surface area contributed by atoms with Gasteiger partial charge in [-0.25, -0.2) is 0 Å². The fraction of sp³-hybridized carbons (Fsp3) is 0.235. The van der Waals surface area contributed by atoms with Crippen LogP contribution >= 0.6 is 0 Å². The zero-order valence-corrected chi connectivity index (χ0v) is 14.3. The molecule has 0 saturated carbocycles. The molecule has 27 heavy (non-hydrogen) atoms. The highest BCUT2D eigenvalue weighted by atomic mass is 16.6. The minimum Gasteiger partial charge on any atom is -0.368 e. The van der Waals surface area contributed by atoms with Crippen LogP contribution in [0.2, 0.25) is 0 Å². The van der Waals surface area contributed by atoms with Crippen molar-refractivity contribution < 1.29 is 14.6 Å². The van der Waals surface area contributed by atoms with Crippen LogP contribution < -0.4 is 15.5 Å². The smallest absolute Gasteiger partial charge is 0.300 e. The second-order valence-corrected chi connectivity index (χ2v) is 6.05. The van der Waals surface area contributed by atoms with Crippen LogP contribution in [0.25, 0.3) is 0 Å². The number of nitrogens with two attached hydrogens (primary N) is 1. The highest BCUT2D eigenvalue weighted by Gasteiger charge is 2.33. The first kappa shape index (κ1) is 18.1. The molecule has 1 heterocycles. The summed E-state index contributed by atoms with van der Waals surface area (Å²) in [5.74, 6) is -0.957. The Balaban J connectivity index is 1.95. The summed E-state index contributed by atoms with van der Waals surface area (Å²) in [5.41, 5.74) is 4.83. The summed E-state index contributed by atoms with van der Waals surface area (Å²) in [7, 11) is 0. The van der Waals surface area contributed by atoms with Crippen molar-refractivity contribution in [1.82, 2.24) is 0 Å². The molecule has 1 amide bonds. The molecule has 10 heteroatoms. The molecule has 0 bridgehead atoms. The predicted octanol–water partition coefficient (Wildman–Crippen LogP) is 1.93. The minimum atomic E-state index is -0.957. The van der Waals surface area contributed by atoms with Crippen LogP contribution in [0.3, 0.4) is 0 Å². The molecule has 0 spiro atoms. The molecule has 0 atom stereocenters. The molecule has 0 aliphatic carbocycles. The number of carbonyl (C=O) groups is 1. The highest BCUT2D eigenvalue weighted by Crippen LogP contribution is 2.39. The third kappa shape index (κ3) is 3.64. The second-order valence-electron chi connectivity index (χ2n) is 6.05. The number of para-hydroxylation sites is 1. The number of primary amides is 1. The zero-order chi connectivity index (χ0) is 19.6. The Hall–Kier alpha value is -3.69. The number of anilines is 2. The van der Waals surface area contributed by atoms with Crippen molar-refractivity contribution >= 4 is 28.7 Å². The molecular weight excluding hydrogens is 354 g/mol. The van der Waals surface area contributed by atoms with Crippen molar-refractivity contribution in [3.63, 3.8) is 0 Å². The van der Waals surface area contributed by atoms with E-state index in [1.54, 1.807) is 4.90 Å². The fourth-order valence-electron chi connectivity index (χ4n) is 3.18. The SMILES string of the molecule is NC(=O)c1cc([N+](=O)[O-])c(N2CCN(c3ccccc3)CC2)c([N+](=O)[O-])c1. The van der Waals surface area contributed by atoms with Gasteiger partial charge in [-0.05, 0) is 12.1 Å². The number of benzene rings is 2. The average molecular weight is 371 g/mol. The Morgan fingerprint density at radius 3 is 1.81 bits per heavy atom. The number of piperazine rings is 1. The number of nitrogens with zero attached hydrogens (tertiary/aromatic N) is 4. The van der Waals surface area contributed by atoms with Crippen molar-refractivity contribution in [2.45, 2.75) is 0 Å². The Labute approximate surface area is 154 Å². The average Bonchev–Trinajstić information content (AvgIpc) is 2.67. The predicted molar refractivity (Wildman–Crippen MR) is 99.1 cm³/mol. The third-order valence-corrected chi connectivity index (χ3v) is 4.46. The normalized spacial score (nSPS) is 14.1. The van der Waals surface area contributed by atoms with Crippen molar-refractivity contribution in [3.8, 4) is 0 Å². The maximum Gasteiger partial charge on any atom is 0.300 e. The van der Waals surface area contributed by atoms with E-state index in [1.165, 1.54) is 0 Å². The van der Waals surface area contributed by atoms with Crippen molar-refractivity contribution in [1.29, 1.82) is 0 Å². The monoisotopic (exact) mass is 371 g/mol. The van der Waals surface area contributed by atoms with E-state index in [9.17, 15) is 25.0 Å². The molecule has 140 valence electrons. The lowest BCUT2D eigenvalue weighted by molar-refractivity contribution is -0.392. The lowest BCUT2D eigenvalue weighted by atomic mass is 10.1. The van der Waals surface area contributed by atoms with Crippen LogP contribution in [-0.4, -0.2) is 41.9 Å². The quantitative estimate of drug-likeness (QED) is 0.626. The first-order valence-corrected chi connectivity index (χ1v) is 8.20. The number of carbonyl (C=O) groups excluding carboxylic acids is 1. The summed E-state index contributed by atoms with van der Waals surface area (Å²) in [6, 6.07) is 11.7. The van der Waals surface area contributed by atoms with Gasteiger partial charge < -0.3 is 15.5 Å². The first-order valence-electron chi connectivity index (χ1n) is 8.20. The molecule has 0 unspecified atom stereocenters. The molecular formula is C17H17N5O5. The largest absolute Gasteiger partial charge is 0.368 e. The molecule has 1 fully saturated rings. The molecule has 2 aromatic rings. The van der Waals surface area contributed by atoms with E-state index in [4.69, 9.17) is 5.73 Å². The number of hydrogen-bond acceptors (Lipinski definition) is 7. The summed E-state index contributed by atoms with van der Waals surface area (Å²) < 4.78 is 0. The number of nitro benzene ring substituents is 2. The van der Waals surface area contributed by atoms with Crippen LogP contribution in [0.15, 0.2) is 42.5 Å². The van der Waals surface area contributed by atoms with E-state index in [1.807, 2.05) is 30.3 Å². The third-order valence-electron chi connectivity index (χ3n) is 4.46. The van der Waals surface area contributed by atoms with Crippen molar-refractivity contribution in [3.05, 3.63) is 68.3 Å². The van der Waals surface area contributed by atoms with Crippen LogP contribution in [0.4, 0.5) is 22.7 Å². The minimum absolute atomic E-state index is 0.0947. The standard InChI is InChI=1S/C17H17N5O5/c18-17(23)12-10-14(21(24)25)16(15(11-12)22(26)27)20-8-6-19(7-9-20)13-4-2-1-3-5-13/h1-5,10-11H,6-9H2,(H2,18,23). The molecule has 1 aliphatic rings. The van der Waals surface area contributed by atoms with Gasteiger partial charge in [0, 0.05) is 44.0 Å². The molecule has 10 nitrogen and oxygen atoms in total. The van der Waals surface area contributed by atoms with Crippen LogP contribution in [0, 0.1) is 20.2 Å². The topological polar surface area (TPSA) is 136 Å². The maximum atomic E-state index is 11.5. The Bertz CT molecular complexity index is 859. The summed E-state index contributed by atoms with van der Waals surface area (Å²) in [6.45, 7) is 1.84. The number of rotatable bonds is 5. The lowest BCUT2D eigenvalue weighted by Gasteiger charge is -2.36. The van der Waals surface area contributed by atoms with Gasteiger partial charge in [0.25, 0.3) is 11.4 Å². The van der Waals surface area contributed by atoms with E-state index >= 15 is 0 Å². The van der Waals surface area contributed by atoms with Crippen LogP contribution in [-0.2, 0) is 0 Å². The van der Waals surface area contributed by atoms with Gasteiger partial charge in [-0.2, -0.15) is 0 Å². The van der Waals surface area contributed by atoms with E-state index in [0.717, 1.165) is 17.8 Å². The van der Waals surface area contributed by atoms with E-state index in [2.05, 4.69) is 4.90 Å². The van der Waals surface area contributed by atoms with Crippen molar-refractivity contribution in [2.24, 2.45) is 5.73 Å². The number of hydrogen-bond donors (Lipinski definition) is 1. The van der Waals surface area contributed by atoms with E-state index in [0.29, 0.717) is 26.2 Å². The molecule has 0 radical (unpaired) electrons. The molecule has 0 aromatic heterocycles. The molecule has 1 aliphatic heterocycles. The van der Waals surface area contributed by atoms with Gasteiger partial charge in [0.15, 0.2) is 5.69 Å². The second kappa shape index (κ2) is 7.28. The van der Waals surface area contributed by atoms with Gasteiger partial charge >= 0.3 is 0 Å². The maximum absolute atomic E-state index is 11.5. The Kier molecular flexibility index (Phi) is 4.88. The van der Waals surface area contributed by atoms with Gasteiger partial charge in [0.2, 0.25) is 5.91 Å². The summed E-state index contributed by atoms with van der Waals surface area (Å²) in [6.07, 6.45) is 0. The fourth-order valence-corrected chi connectivity index (χ4v) is 3.18. The van der Waals surface area contributed by atoms with Gasteiger partial charge in [0.1, 0.15) is 0 Å². The van der Waals surface area contributed by atoms with E-state index < -0.39 is 27.1 Å². The van der Waals surface area contributed by atoms with Crippen molar-refractivity contribution in [2.75, 3.05) is 36.0 Å². The first-order chi connectivity index (χ1) is 12.9. The van der Waals surface area contributed by atoms with Gasteiger partial charge in [0.05, 0.1) is 15.4 Å². The number of nitro groups is 2. The van der Waals surface area contributed by atoms with Gasteiger partial charge in [-0.1, -0.05) is 18.2 Å². The number of amides is 1. The summed E-state index contributed by atoms with van der Waals surface area (Å²) >= 11 is 0. The van der Waals surface area contributed by atoms with Crippen LogP contribution in [0.5, 0.6) is 0 Å². The Morgan fingerprint density at radius 1 is 0.889 bits per heavy atom. The van der Waals surface area contributed by atoms with Gasteiger partial charge in [-0.15, -0.1) is 0 Å². The zero-order valence-electron chi connectivity index (χ0n) is 14.3. The molecule has 2 N–H and O–H groups in total. The van der Waals surface area contributed by atoms with E-state index in [-0.39, 0.29) is 11.3 Å². The Morgan fingerprint density at radius 2 is 1.37 bits per heavy atom. The molecule has 2 aromatic carbocycles. The summed E-state index contributed by atoms with van der Waals surface area (Å²) in [4.78, 5) is 36.6. The molecule has 3 rings (SSSR count). The highest BCUT2D eigenvalue weighted by molar-refractivity contribution is 5.96. The van der Waals surface area contributed by atoms with Gasteiger partial charge in [-0.3, -0.25) is 25.0 Å².